The molecule has 0 amide bonds. The zero-order valence-electron chi connectivity index (χ0n) is 11.9. The van der Waals surface area contributed by atoms with Crippen molar-refractivity contribution in [2.24, 2.45) is 5.73 Å². The van der Waals surface area contributed by atoms with Crippen LogP contribution in [0, 0.1) is 0 Å². The molecule has 2 fully saturated rings. The van der Waals surface area contributed by atoms with E-state index < -0.39 is 5.60 Å². The third-order valence-electron chi connectivity index (χ3n) is 4.61. The molecule has 3 N–H and O–H groups in total. The predicted molar refractivity (Wildman–Crippen MR) is 78.3 cm³/mol. The summed E-state index contributed by atoms with van der Waals surface area (Å²) in [5, 5.41) is 10.8. The molecule has 2 heterocycles. The van der Waals surface area contributed by atoms with Gasteiger partial charge in [-0.25, -0.2) is 0 Å². The topological polar surface area (TPSA) is 58.7 Å². The highest BCUT2D eigenvalue weighted by Crippen LogP contribution is 2.28. The lowest BCUT2D eigenvalue weighted by molar-refractivity contribution is -0.0490. The number of morpholine rings is 1. The van der Waals surface area contributed by atoms with Crippen molar-refractivity contribution < 1.29 is 9.84 Å². The third-order valence-corrected chi connectivity index (χ3v) is 4.61. The Labute approximate surface area is 120 Å². The quantitative estimate of drug-likeness (QED) is 0.845. The highest BCUT2D eigenvalue weighted by atomic mass is 16.5. The Morgan fingerprint density at radius 1 is 1.20 bits per heavy atom. The van der Waals surface area contributed by atoms with Crippen molar-refractivity contribution in [3.05, 3.63) is 35.9 Å². The average Bonchev–Trinajstić information content (AvgIpc) is 2.84. The van der Waals surface area contributed by atoms with Gasteiger partial charge in [-0.05, 0) is 24.8 Å². The van der Waals surface area contributed by atoms with Gasteiger partial charge in [0.05, 0.1) is 12.2 Å². The molecule has 0 aromatic heterocycles. The molecule has 3 unspecified atom stereocenters. The van der Waals surface area contributed by atoms with Gasteiger partial charge in [0.25, 0.3) is 0 Å². The molecule has 20 heavy (non-hydrogen) atoms. The van der Waals surface area contributed by atoms with Crippen LogP contribution in [0.2, 0.25) is 0 Å². The van der Waals surface area contributed by atoms with Gasteiger partial charge >= 0.3 is 0 Å². The van der Waals surface area contributed by atoms with Gasteiger partial charge in [-0.2, -0.15) is 0 Å². The van der Waals surface area contributed by atoms with Crippen LogP contribution in [0.25, 0.3) is 0 Å². The molecule has 3 atom stereocenters. The fraction of sp³-hybridized carbons (Fsp3) is 0.625. The van der Waals surface area contributed by atoms with Gasteiger partial charge in [0, 0.05) is 26.2 Å². The molecular weight excluding hydrogens is 252 g/mol. The Hall–Kier alpha value is -0.940. The van der Waals surface area contributed by atoms with E-state index in [9.17, 15) is 5.11 Å². The minimum absolute atomic E-state index is 0.258. The number of nitrogens with zero attached hydrogens (tertiary/aromatic N) is 1. The van der Waals surface area contributed by atoms with E-state index in [0.717, 1.165) is 25.2 Å². The lowest BCUT2D eigenvalue weighted by Gasteiger charge is -2.35. The fourth-order valence-electron chi connectivity index (χ4n) is 3.34. The molecular formula is C16H24N2O2. The van der Waals surface area contributed by atoms with Gasteiger partial charge in [0.15, 0.2) is 0 Å². The largest absolute Gasteiger partial charge is 0.384 e. The van der Waals surface area contributed by atoms with Gasteiger partial charge < -0.3 is 15.6 Å². The van der Waals surface area contributed by atoms with Gasteiger partial charge in [0.1, 0.15) is 5.60 Å². The molecule has 1 aromatic rings. The summed E-state index contributed by atoms with van der Waals surface area (Å²) in [4.78, 5) is 2.41. The molecule has 2 bridgehead atoms. The molecule has 2 aliphatic heterocycles. The van der Waals surface area contributed by atoms with Crippen LogP contribution >= 0.6 is 0 Å². The number of fused-ring (bicyclic) bond motifs is 2. The van der Waals surface area contributed by atoms with Crippen molar-refractivity contribution in [1.29, 1.82) is 0 Å². The van der Waals surface area contributed by atoms with Crippen molar-refractivity contribution in [3.8, 4) is 0 Å². The van der Waals surface area contributed by atoms with Gasteiger partial charge in [-0.1, -0.05) is 30.3 Å². The first kappa shape index (κ1) is 14.0. The molecule has 0 radical (unpaired) electrons. The Morgan fingerprint density at radius 3 is 2.45 bits per heavy atom. The standard InChI is InChI=1S/C16H24N2O2/c17-12-16(19,13-4-2-1-3-5-13)8-9-18-10-14-6-7-15(11-18)20-14/h1-5,14-15,19H,6-12,17H2. The SMILES string of the molecule is NCC(O)(CCN1CC2CCC(C1)O2)c1ccccc1. The van der Waals surface area contributed by atoms with Crippen LogP contribution in [0.5, 0.6) is 0 Å². The van der Waals surface area contributed by atoms with Crippen molar-refractivity contribution in [2.45, 2.75) is 37.1 Å². The first-order valence-corrected chi connectivity index (χ1v) is 7.55. The monoisotopic (exact) mass is 276 g/mol. The van der Waals surface area contributed by atoms with E-state index in [-0.39, 0.29) is 6.54 Å². The number of likely N-dealkylation sites (tertiary alicyclic amines) is 1. The second-order valence-corrected chi connectivity index (χ2v) is 6.07. The maximum absolute atomic E-state index is 10.8. The number of aliphatic hydroxyl groups is 1. The summed E-state index contributed by atoms with van der Waals surface area (Å²) in [5.74, 6) is 0. The molecule has 0 saturated carbocycles. The highest BCUT2D eigenvalue weighted by Gasteiger charge is 2.35. The summed E-state index contributed by atoms with van der Waals surface area (Å²) in [7, 11) is 0. The van der Waals surface area contributed by atoms with Crippen molar-refractivity contribution in [3.63, 3.8) is 0 Å². The van der Waals surface area contributed by atoms with E-state index in [4.69, 9.17) is 10.5 Å². The van der Waals surface area contributed by atoms with E-state index >= 15 is 0 Å². The Balaban J connectivity index is 1.61. The number of nitrogens with two attached hydrogens (primary N) is 1. The van der Waals surface area contributed by atoms with Crippen LogP contribution in [-0.4, -0.2) is 48.4 Å². The Morgan fingerprint density at radius 2 is 1.85 bits per heavy atom. The molecule has 0 aliphatic carbocycles. The smallest absolute Gasteiger partial charge is 0.103 e. The minimum atomic E-state index is -0.918. The maximum atomic E-state index is 10.8. The molecule has 2 aliphatic rings. The summed E-state index contributed by atoms with van der Waals surface area (Å²) >= 11 is 0. The minimum Gasteiger partial charge on any atom is -0.384 e. The normalized spacial score (nSPS) is 29.3. The molecule has 0 spiro atoms. The van der Waals surface area contributed by atoms with Crippen LogP contribution in [0.3, 0.4) is 0 Å². The second-order valence-electron chi connectivity index (χ2n) is 6.07. The zero-order valence-corrected chi connectivity index (χ0v) is 11.9. The van der Waals surface area contributed by atoms with Gasteiger partial charge in [-0.3, -0.25) is 4.90 Å². The number of ether oxygens (including phenoxy) is 1. The number of benzene rings is 1. The van der Waals surface area contributed by atoms with E-state index in [1.165, 1.54) is 12.8 Å². The summed E-state index contributed by atoms with van der Waals surface area (Å²) in [5.41, 5.74) is 5.83. The zero-order chi connectivity index (χ0) is 14.0. The molecule has 110 valence electrons. The Kier molecular flexibility index (Phi) is 4.08. The van der Waals surface area contributed by atoms with Crippen LogP contribution < -0.4 is 5.73 Å². The number of rotatable bonds is 5. The van der Waals surface area contributed by atoms with E-state index in [2.05, 4.69) is 4.90 Å². The molecule has 4 nitrogen and oxygen atoms in total. The Bertz CT molecular complexity index is 427. The third kappa shape index (κ3) is 2.88. The molecule has 2 saturated heterocycles. The number of hydrogen-bond donors (Lipinski definition) is 2. The first-order chi connectivity index (χ1) is 9.69. The lowest BCUT2D eigenvalue weighted by Crippen LogP contribution is -2.45. The van der Waals surface area contributed by atoms with Crippen LogP contribution in [0.15, 0.2) is 30.3 Å². The van der Waals surface area contributed by atoms with Crippen LogP contribution in [0.4, 0.5) is 0 Å². The molecule has 1 aromatic carbocycles. The molecule has 3 rings (SSSR count). The number of hydrogen-bond acceptors (Lipinski definition) is 4. The van der Waals surface area contributed by atoms with E-state index in [0.29, 0.717) is 18.6 Å². The van der Waals surface area contributed by atoms with Crippen molar-refractivity contribution in [1.82, 2.24) is 4.90 Å². The summed E-state index contributed by atoms with van der Waals surface area (Å²) in [6.07, 6.45) is 3.84. The summed E-state index contributed by atoms with van der Waals surface area (Å²) in [6, 6.07) is 9.77. The average molecular weight is 276 g/mol. The lowest BCUT2D eigenvalue weighted by atomic mass is 9.90. The molecule has 4 heteroatoms. The van der Waals surface area contributed by atoms with Crippen LogP contribution in [0.1, 0.15) is 24.8 Å². The maximum Gasteiger partial charge on any atom is 0.103 e. The van der Waals surface area contributed by atoms with Gasteiger partial charge in [-0.15, -0.1) is 0 Å². The van der Waals surface area contributed by atoms with Gasteiger partial charge in [0.2, 0.25) is 0 Å². The summed E-state index contributed by atoms with van der Waals surface area (Å²) in [6.45, 7) is 3.12. The van der Waals surface area contributed by atoms with E-state index in [1.807, 2.05) is 30.3 Å². The van der Waals surface area contributed by atoms with E-state index in [1.54, 1.807) is 0 Å². The highest BCUT2D eigenvalue weighted by molar-refractivity contribution is 5.22. The fourth-order valence-corrected chi connectivity index (χ4v) is 3.34. The predicted octanol–water partition coefficient (Wildman–Crippen LogP) is 1.09. The van der Waals surface area contributed by atoms with Crippen molar-refractivity contribution in [2.75, 3.05) is 26.2 Å². The summed E-state index contributed by atoms with van der Waals surface area (Å²) < 4.78 is 5.84. The first-order valence-electron chi connectivity index (χ1n) is 7.55. The van der Waals surface area contributed by atoms with Crippen molar-refractivity contribution >= 4 is 0 Å². The second kappa shape index (κ2) is 5.82. The van der Waals surface area contributed by atoms with Crippen LogP contribution in [-0.2, 0) is 10.3 Å².